The van der Waals surface area contributed by atoms with Gasteiger partial charge in [0.2, 0.25) is 0 Å². The molecular formula is C17H21NO3. The summed E-state index contributed by atoms with van der Waals surface area (Å²) in [6.45, 7) is 3.36. The van der Waals surface area contributed by atoms with Crippen molar-refractivity contribution in [2.24, 2.45) is 0 Å². The molecule has 0 aromatic heterocycles. The molecule has 112 valence electrons. The molecule has 0 fully saturated rings. The van der Waals surface area contributed by atoms with Crippen LogP contribution in [0.3, 0.4) is 0 Å². The lowest BCUT2D eigenvalue weighted by Crippen LogP contribution is -2.11. The molecule has 0 bridgehead atoms. The monoisotopic (exact) mass is 287 g/mol. The van der Waals surface area contributed by atoms with Crippen molar-refractivity contribution in [3.05, 3.63) is 48.0 Å². The number of methoxy groups -OCH3 is 2. The summed E-state index contributed by atoms with van der Waals surface area (Å²) in [5, 5.41) is 3.31. The maximum atomic E-state index is 5.71. The Morgan fingerprint density at radius 1 is 0.857 bits per heavy atom. The second-order valence-electron chi connectivity index (χ2n) is 4.69. The minimum absolute atomic E-state index is 0.560. The van der Waals surface area contributed by atoms with Crippen molar-refractivity contribution < 1.29 is 14.2 Å². The van der Waals surface area contributed by atoms with Gasteiger partial charge in [0, 0.05) is 30.4 Å². The van der Waals surface area contributed by atoms with Gasteiger partial charge >= 0.3 is 0 Å². The number of rotatable bonds is 7. The molecule has 0 aliphatic carbocycles. The van der Waals surface area contributed by atoms with Crippen LogP contribution < -0.4 is 19.5 Å². The van der Waals surface area contributed by atoms with Gasteiger partial charge in [0.15, 0.2) is 0 Å². The molecule has 0 saturated carbocycles. The van der Waals surface area contributed by atoms with Gasteiger partial charge in [-0.2, -0.15) is 0 Å². The molecule has 0 unspecified atom stereocenters. The summed E-state index contributed by atoms with van der Waals surface area (Å²) in [6.07, 6.45) is 0. The van der Waals surface area contributed by atoms with E-state index in [1.807, 2.05) is 18.2 Å². The molecule has 2 aromatic rings. The Labute approximate surface area is 125 Å². The molecule has 0 saturated heterocycles. The average molecular weight is 287 g/mol. The van der Waals surface area contributed by atoms with Crippen molar-refractivity contribution in [2.45, 2.75) is 6.92 Å². The Bertz CT molecular complexity index is 544. The fraction of sp³-hybridized carbons (Fsp3) is 0.294. The zero-order valence-corrected chi connectivity index (χ0v) is 12.7. The van der Waals surface area contributed by atoms with E-state index >= 15 is 0 Å². The third-order valence-electron chi connectivity index (χ3n) is 3.08. The van der Waals surface area contributed by atoms with Gasteiger partial charge in [-0.05, 0) is 19.1 Å². The van der Waals surface area contributed by atoms with Crippen LogP contribution >= 0.6 is 0 Å². The Kier molecular flexibility index (Phi) is 5.32. The van der Waals surface area contributed by atoms with E-state index in [0.29, 0.717) is 6.61 Å². The van der Waals surface area contributed by atoms with E-state index in [4.69, 9.17) is 14.2 Å². The number of hydrogen-bond donors (Lipinski definition) is 1. The van der Waals surface area contributed by atoms with Gasteiger partial charge in [-0.1, -0.05) is 17.7 Å². The molecule has 0 heterocycles. The summed E-state index contributed by atoms with van der Waals surface area (Å²) in [5.74, 6) is 2.17. The van der Waals surface area contributed by atoms with Crippen LogP contribution in [0, 0.1) is 6.92 Å². The second-order valence-corrected chi connectivity index (χ2v) is 4.69. The highest BCUT2D eigenvalue weighted by Crippen LogP contribution is 2.27. The molecule has 0 spiro atoms. The minimum atomic E-state index is 0.560. The number of nitrogens with one attached hydrogen (secondary N) is 1. The van der Waals surface area contributed by atoms with Crippen LogP contribution in [0.1, 0.15) is 5.56 Å². The number of hydrogen-bond acceptors (Lipinski definition) is 4. The fourth-order valence-corrected chi connectivity index (χ4v) is 1.90. The van der Waals surface area contributed by atoms with Crippen LogP contribution in [0.2, 0.25) is 0 Å². The van der Waals surface area contributed by atoms with Gasteiger partial charge in [0.1, 0.15) is 23.9 Å². The van der Waals surface area contributed by atoms with Gasteiger partial charge in [0.05, 0.1) is 14.2 Å². The maximum Gasteiger partial charge on any atom is 0.126 e. The summed E-state index contributed by atoms with van der Waals surface area (Å²) < 4.78 is 16.1. The van der Waals surface area contributed by atoms with Crippen LogP contribution in [-0.4, -0.2) is 27.4 Å². The summed E-state index contributed by atoms with van der Waals surface area (Å²) in [5.41, 5.74) is 2.34. The molecular weight excluding hydrogens is 266 g/mol. The van der Waals surface area contributed by atoms with E-state index in [-0.39, 0.29) is 0 Å². The lowest BCUT2D eigenvalue weighted by atomic mass is 10.2. The Morgan fingerprint density at radius 3 is 2.00 bits per heavy atom. The summed E-state index contributed by atoms with van der Waals surface area (Å²) >= 11 is 0. The summed E-state index contributed by atoms with van der Waals surface area (Å²) in [6, 6.07) is 13.8. The number of benzene rings is 2. The topological polar surface area (TPSA) is 39.7 Å². The highest BCUT2D eigenvalue weighted by atomic mass is 16.5. The van der Waals surface area contributed by atoms with Gasteiger partial charge in [0.25, 0.3) is 0 Å². The first-order valence-corrected chi connectivity index (χ1v) is 6.87. The van der Waals surface area contributed by atoms with E-state index in [0.717, 1.165) is 29.5 Å². The van der Waals surface area contributed by atoms with Crippen molar-refractivity contribution in [3.63, 3.8) is 0 Å². The largest absolute Gasteiger partial charge is 0.496 e. The van der Waals surface area contributed by atoms with E-state index in [1.165, 1.54) is 5.56 Å². The smallest absolute Gasteiger partial charge is 0.126 e. The van der Waals surface area contributed by atoms with Crippen LogP contribution in [0.25, 0.3) is 0 Å². The molecule has 2 aromatic carbocycles. The third kappa shape index (κ3) is 4.60. The first-order chi connectivity index (χ1) is 10.2. The molecule has 2 rings (SSSR count). The fourth-order valence-electron chi connectivity index (χ4n) is 1.90. The van der Waals surface area contributed by atoms with Gasteiger partial charge in [-0.15, -0.1) is 0 Å². The third-order valence-corrected chi connectivity index (χ3v) is 3.08. The number of ether oxygens (including phenoxy) is 3. The molecule has 0 aliphatic rings. The molecule has 1 N–H and O–H groups in total. The normalized spacial score (nSPS) is 10.0. The van der Waals surface area contributed by atoms with Crippen molar-refractivity contribution in [2.75, 3.05) is 32.7 Å². The maximum absolute atomic E-state index is 5.71. The van der Waals surface area contributed by atoms with Crippen LogP contribution in [-0.2, 0) is 0 Å². The minimum Gasteiger partial charge on any atom is -0.496 e. The van der Waals surface area contributed by atoms with Crippen LogP contribution in [0.4, 0.5) is 5.69 Å². The van der Waals surface area contributed by atoms with Gasteiger partial charge in [-0.3, -0.25) is 0 Å². The molecule has 0 radical (unpaired) electrons. The summed E-state index contributed by atoms with van der Waals surface area (Å²) in [7, 11) is 3.25. The predicted molar refractivity (Wildman–Crippen MR) is 84.7 cm³/mol. The molecule has 0 atom stereocenters. The lowest BCUT2D eigenvalue weighted by Gasteiger charge is -2.11. The molecule has 0 aliphatic heterocycles. The molecule has 4 heteroatoms. The standard InChI is InChI=1S/C17H21NO3/c1-13-4-6-14(7-5-13)18-8-9-21-17-11-15(19-2)10-16(12-17)20-3/h4-7,10-12,18H,8-9H2,1-3H3. The Hall–Kier alpha value is -2.36. The second kappa shape index (κ2) is 7.43. The quantitative estimate of drug-likeness (QED) is 0.791. The van der Waals surface area contributed by atoms with Crippen molar-refractivity contribution in [1.29, 1.82) is 0 Å². The van der Waals surface area contributed by atoms with E-state index in [9.17, 15) is 0 Å². The van der Waals surface area contributed by atoms with Gasteiger partial charge in [-0.25, -0.2) is 0 Å². The zero-order valence-electron chi connectivity index (χ0n) is 12.7. The Morgan fingerprint density at radius 2 is 1.43 bits per heavy atom. The van der Waals surface area contributed by atoms with Gasteiger partial charge < -0.3 is 19.5 Å². The number of anilines is 1. The number of aryl methyl sites for hydroxylation is 1. The first-order valence-electron chi connectivity index (χ1n) is 6.87. The summed E-state index contributed by atoms with van der Waals surface area (Å²) in [4.78, 5) is 0. The first kappa shape index (κ1) is 15.0. The van der Waals surface area contributed by atoms with Crippen molar-refractivity contribution in [3.8, 4) is 17.2 Å². The average Bonchev–Trinajstić information content (AvgIpc) is 2.53. The lowest BCUT2D eigenvalue weighted by molar-refractivity contribution is 0.324. The van der Waals surface area contributed by atoms with E-state index in [1.54, 1.807) is 14.2 Å². The SMILES string of the molecule is COc1cc(OC)cc(OCCNc2ccc(C)cc2)c1. The van der Waals surface area contributed by atoms with E-state index < -0.39 is 0 Å². The highest BCUT2D eigenvalue weighted by molar-refractivity contribution is 5.44. The molecule has 4 nitrogen and oxygen atoms in total. The highest BCUT2D eigenvalue weighted by Gasteiger charge is 2.02. The zero-order chi connectivity index (χ0) is 15.1. The van der Waals surface area contributed by atoms with E-state index in [2.05, 4.69) is 36.5 Å². The van der Waals surface area contributed by atoms with Crippen LogP contribution in [0.15, 0.2) is 42.5 Å². The van der Waals surface area contributed by atoms with Crippen LogP contribution in [0.5, 0.6) is 17.2 Å². The van der Waals surface area contributed by atoms with Crippen molar-refractivity contribution >= 4 is 5.69 Å². The molecule has 0 amide bonds. The Balaban J connectivity index is 1.84. The molecule has 21 heavy (non-hydrogen) atoms. The predicted octanol–water partition coefficient (Wildman–Crippen LogP) is 3.50. The van der Waals surface area contributed by atoms with Crippen molar-refractivity contribution in [1.82, 2.24) is 0 Å².